The lowest BCUT2D eigenvalue weighted by molar-refractivity contribution is 0.101. The van der Waals surface area contributed by atoms with E-state index in [0.29, 0.717) is 59.2 Å². The lowest BCUT2D eigenvalue weighted by Gasteiger charge is -2.12. The van der Waals surface area contributed by atoms with Gasteiger partial charge in [0.1, 0.15) is 5.82 Å². The Hall–Kier alpha value is -8.77. The Morgan fingerprint density at radius 1 is 0.471 bits per heavy atom. The molecule has 0 radical (unpaired) electrons. The SMILES string of the molecule is CC(=O)c1c(C)c(C(C)C)n(C)c1C.CC(C)C1=NC=CC1.CC(C)c1ccc[nH]1.CC(C)c1cccnc1.CC(C)c1cnc(-c2ccccc2)[nH]1.CC(C)c1cnc[nH]1.Cc1cc(C)c(C(C)C)[nH]1.Cc1cccc(C)c1C(C)C.Cc1ccncc1C(C)C.Cc1ncccc1C(C)C. The van der Waals surface area contributed by atoms with E-state index in [4.69, 9.17) is 0 Å². The fourth-order valence-electron chi connectivity index (χ4n) is 11.7. The first-order valence-electron chi connectivity index (χ1n) is 37.1. The predicted octanol–water partition coefficient (Wildman–Crippen LogP) is 25.3. The van der Waals surface area contributed by atoms with Gasteiger partial charge in [-0.2, -0.15) is 0 Å². The molecule has 4 N–H and O–H groups in total. The second-order valence-electron chi connectivity index (χ2n) is 29.6. The number of aliphatic imine (C=N–C) groups is 1. The summed E-state index contributed by atoms with van der Waals surface area (Å²) < 4.78 is 2.14. The van der Waals surface area contributed by atoms with Crippen LogP contribution in [0.25, 0.3) is 11.4 Å². The molecule has 1 aliphatic heterocycles. The van der Waals surface area contributed by atoms with E-state index in [-0.39, 0.29) is 5.78 Å². The Bertz CT molecular complexity index is 3830. The molecule has 0 bridgehead atoms. The van der Waals surface area contributed by atoms with Crippen LogP contribution in [0.5, 0.6) is 0 Å². The van der Waals surface area contributed by atoms with E-state index >= 15 is 0 Å². The first kappa shape index (κ1) is 89.3. The number of carbonyl (C=O) groups excluding carboxylic acids is 1. The number of carbonyl (C=O) groups is 1. The molecule has 0 fully saturated rings. The van der Waals surface area contributed by atoms with Gasteiger partial charge in [-0.15, -0.1) is 0 Å². The van der Waals surface area contributed by atoms with Gasteiger partial charge in [0.15, 0.2) is 5.78 Å². The summed E-state index contributed by atoms with van der Waals surface area (Å²) in [6, 6.07) is 33.2. The van der Waals surface area contributed by atoms with Crippen LogP contribution in [-0.2, 0) is 7.05 Å². The van der Waals surface area contributed by atoms with Gasteiger partial charge in [0, 0.05) is 132 Å². The third-order valence-electron chi connectivity index (χ3n) is 17.5. The van der Waals surface area contributed by atoms with E-state index in [1.54, 1.807) is 19.4 Å². The highest BCUT2D eigenvalue weighted by Crippen LogP contribution is 2.28. The third-order valence-corrected chi connectivity index (χ3v) is 17.5. The molecule has 2 aromatic carbocycles. The molecule has 8 aromatic heterocycles. The van der Waals surface area contributed by atoms with Gasteiger partial charge in [0.2, 0.25) is 0 Å². The summed E-state index contributed by atoms with van der Waals surface area (Å²) >= 11 is 0. The van der Waals surface area contributed by atoms with E-state index in [0.717, 1.165) is 40.3 Å². The maximum absolute atomic E-state index is 11.5. The van der Waals surface area contributed by atoms with Crippen molar-refractivity contribution in [3.05, 3.63) is 266 Å². The van der Waals surface area contributed by atoms with Crippen LogP contribution in [0, 0.1) is 61.3 Å². The lowest BCUT2D eigenvalue weighted by Crippen LogP contribution is -2.02. The molecule has 102 heavy (non-hydrogen) atoms. The number of rotatable bonds is 12. The summed E-state index contributed by atoms with van der Waals surface area (Å²) in [4.78, 5) is 49.0. The standard InChI is InChI=1S/C12H14N2.C12H19NO.C11H16.C9H15N.2C9H13N.C8H11N.2C7H11N.C6H10N2/c1-9(2)11-8-13-12(14-11)10-6-4-3-5-7-10;1-7(2)12-8(3)11(10(5)14)9(4)13(12)6;1-8(2)11-9(3)6-5-7-10(11)4;1-6(2)9-7(3)5-8(4)10-9;1-7(2)9-6-10-5-4-8(9)3;1-7(2)9-5-4-6-10-8(9)3;1-7(2)8-4-3-5-9-6-8;2*1-6(2)7-4-3-5-8-7;1-5(2)6-3-7-4-8-6/h3-9H,1-2H3,(H,13,14);7H,1-6H3;5-8H,1-4H3;5-6,10H,1-4H3;2*4-7H,1-3H3;3-7H,1-2H3;3,5-6H,4H2,1-2H3;3-6,8H,1-2H3;3-5H,1-2H3,(H,7,8). The zero-order chi connectivity index (χ0) is 76.9. The number of ketones is 1. The maximum atomic E-state index is 11.5. The summed E-state index contributed by atoms with van der Waals surface area (Å²) in [6.45, 7) is 62.0. The summed E-state index contributed by atoms with van der Waals surface area (Å²) in [5.74, 6) is 6.96. The summed E-state index contributed by atoms with van der Waals surface area (Å²) in [5.41, 5.74) is 25.4. The number of Topliss-reactive ketones (excluding diaryl/α,β-unsaturated/α-hetero) is 1. The molecular weight excluding hydrogens is 1250 g/mol. The molecular formula is C90H133N11O. The molecule has 0 saturated carbocycles. The predicted molar refractivity (Wildman–Crippen MR) is 439 cm³/mol. The fourth-order valence-corrected chi connectivity index (χ4v) is 11.7. The van der Waals surface area contributed by atoms with Crippen LogP contribution in [0.1, 0.15) is 311 Å². The molecule has 0 saturated heterocycles. The minimum absolute atomic E-state index is 0.169. The van der Waals surface area contributed by atoms with Crippen molar-refractivity contribution in [3.8, 4) is 11.4 Å². The van der Waals surface area contributed by atoms with E-state index in [9.17, 15) is 4.79 Å². The van der Waals surface area contributed by atoms with Gasteiger partial charge in [-0.1, -0.05) is 205 Å². The van der Waals surface area contributed by atoms with Crippen molar-refractivity contribution in [2.75, 3.05) is 0 Å². The van der Waals surface area contributed by atoms with Gasteiger partial charge in [0.05, 0.1) is 6.33 Å². The number of hydrogen-bond donors (Lipinski definition) is 4. The van der Waals surface area contributed by atoms with Crippen molar-refractivity contribution in [1.82, 2.24) is 49.4 Å². The van der Waals surface area contributed by atoms with Crippen LogP contribution in [-0.4, -0.2) is 60.9 Å². The molecule has 12 heteroatoms. The number of nitrogens with one attached hydrogen (secondary N) is 4. The number of benzene rings is 2. The number of hydrogen-bond acceptors (Lipinski definition) is 7. The molecule has 0 unspecified atom stereocenters. The van der Waals surface area contributed by atoms with E-state index in [2.05, 4.69) is 301 Å². The number of allylic oxidation sites excluding steroid dienone is 1. The maximum Gasteiger partial charge on any atom is 0.161 e. The Morgan fingerprint density at radius 2 is 1.08 bits per heavy atom. The van der Waals surface area contributed by atoms with Crippen molar-refractivity contribution in [2.45, 2.75) is 260 Å². The van der Waals surface area contributed by atoms with Gasteiger partial charge >= 0.3 is 0 Å². The first-order chi connectivity index (χ1) is 48.0. The summed E-state index contributed by atoms with van der Waals surface area (Å²) in [7, 11) is 2.03. The number of pyridine rings is 3. The summed E-state index contributed by atoms with van der Waals surface area (Å²) in [6.07, 6.45) is 21.8. The first-order valence-corrected chi connectivity index (χ1v) is 37.1. The van der Waals surface area contributed by atoms with Crippen LogP contribution in [0.4, 0.5) is 0 Å². The Kier molecular flexibility index (Phi) is 40.9. The third kappa shape index (κ3) is 31.6. The van der Waals surface area contributed by atoms with Crippen molar-refractivity contribution >= 4 is 11.5 Å². The smallest absolute Gasteiger partial charge is 0.161 e. The van der Waals surface area contributed by atoms with Crippen LogP contribution >= 0.6 is 0 Å². The average Bonchev–Trinajstić information content (AvgIpc) is 1.64. The Balaban J connectivity index is 0.000000387. The molecule has 554 valence electrons. The van der Waals surface area contributed by atoms with Gasteiger partial charge in [-0.05, 0) is 208 Å². The quantitative estimate of drug-likeness (QED) is 0.0891. The number of aromatic nitrogens is 10. The normalized spacial score (nSPS) is 11.2. The Labute approximate surface area is 618 Å². The van der Waals surface area contributed by atoms with E-state index in [1.165, 1.54) is 84.4 Å². The van der Waals surface area contributed by atoms with Crippen LogP contribution in [0.3, 0.4) is 0 Å². The van der Waals surface area contributed by atoms with Crippen molar-refractivity contribution < 1.29 is 4.79 Å². The molecule has 10 aromatic rings. The number of aryl methyl sites for hydroxylation is 6. The van der Waals surface area contributed by atoms with Crippen LogP contribution < -0.4 is 0 Å². The Morgan fingerprint density at radius 3 is 1.40 bits per heavy atom. The molecule has 0 atom stereocenters. The number of imidazole rings is 2. The van der Waals surface area contributed by atoms with Crippen molar-refractivity contribution in [2.24, 2.45) is 18.0 Å². The van der Waals surface area contributed by atoms with E-state index in [1.807, 2.05) is 107 Å². The highest BCUT2D eigenvalue weighted by atomic mass is 16.1. The van der Waals surface area contributed by atoms with Gasteiger partial charge in [-0.25, -0.2) is 9.97 Å². The highest BCUT2D eigenvalue weighted by Gasteiger charge is 2.20. The largest absolute Gasteiger partial charge is 0.365 e. The minimum atomic E-state index is 0.169. The second kappa shape index (κ2) is 46.7. The average molecular weight is 1390 g/mol. The number of H-pyrrole nitrogens is 4. The zero-order valence-electron chi connectivity index (χ0n) is 68.6. The lowest BCUT2D eigenvalue weighted by atomic mass is 9.94. The highest BCUT2D eigenvalue weighted by molar-refractivity contribution is 5.97. The van der Waals surface area contributed by atoms with Gasteiger partial charge in [0.25, 0.3) is 0 Å². The molecule has 0 aliphatic carbocycles. The zero-order valence-corrected chi connectivity index (χ0v) is 68.6. The monoisotopic (exact) mass is 1380 g/mol. The molecule has 12 nitrogen and oxygen atoms in total. The fraction of sp³-hybridized carbons (Fsp3) is 0.456. The molecule has 1 aliphatic rings. The number of aromatic amines is 4. The van der Waals surface area contributed by atoms with Crippen molar-refractivity contribution in [3.63, 3.8) is 0 Å². The van der Waals surface area contributed by atoms with Crippen LogP contribution in [0.2, 0.25) is 0 Å². The molecule has 0 spiro atoms. The molecule has 0 amide bonds. The molecule has 11 rings (SSSR count). The minimum Gasteiger partial charge on any atom is -0.365 e. The topological polar surface area (TPSA) is 162 Å². The van der Waals surface area contributed by atoms with Gasteiger partial charge in [-0.3, -0.25) is 24.7 Å². The van der Waals surface area contributed by atoms with Crippen LogP contribution in [0.15, 0.2) is 170 Å². The molecule has 9 heterocycles. The second-order valence-corrected chi connectivity index (χ2v) is 29.6. The summed E-state index contributed by atoms with van der Waals surface area (Å²) in [5, 5.41) is 0. The number of nitrogens with zero attached hydrogens (tertiary/aromatic N) is 7. The van der Waals surface area contributed by atoms with Crippen molar-refractivity contribution in [1.29, 1.82) is 0 Å². The van der Waals surface area contributed by atoms with Gasteiger partial charge < -0.3 is 24.5 Å². The van der Waals surface area contributed by atoms with E-state index < -0.39 is 0 Å².